The predicted molar refractivity (Wildman–Crippen MR) is 58.8 cm³/mol. The third kappa shape index (κ3) is 2.31. The van der Waals surface area contributed by atoms with E-state index in [1.807, 2.05) is 0 Å². The second-order valence-electron chi connectivity index (χ2n) is 4.10. The Hall–Kier alpha value is -1.59. The fourth-order valence-electron chi connectivity index (χ4n) is 2.05. The zero-order valence-corrected chi connectivity index (χ0v) is 10.4. The molecule has 0 radical (unpaired) electrons. The van der Waals surface area contributed by atoms with Crippen molar-refractivity contribution >= 4 is 10.0 Å². The molecule has 2 rings (SSSR count). The fraction of sp³-hybridized carbons (Fsp3) is 0.364. The molecule has 0 bridgehead atoms. The molecule has 1 fully saturated rings. The molecule has 1 aliphatic heterocycles. The number of hydrogen-bond acceptors (Lipinski definition) is 3. The lowest BCUT2D eigenvalue weighted by Crippen LogP contribution is -2.35. The van der Waals surface area contributed by atoms with E-state index in [1.54, 1.807) is 6.07 Å². The number of benzene rings is 1. The summed E-state index contributed by atoms with van der Waals surface area (Å²) in [5.41, 5.74) is 0. The zero-order valence-electron chi connectivity index (χ0n) is 9.61. The molecule has 1 aromatic rings. The highest BCUT2D eigenvalue weighted by Gasteiger charge is 2.38. The Labute approximate surface area is 108 Å². The molecule has 102 valence electrons. The molecule has 1 unspecified atom stereocenters. The van der Waals surface area contributed by atoms with E-state index in [-0.39, 0.29) is 6.54 Å². The van der Waals surface area contributed by atoms with Gasteiger partial charge in [0.25, 0.3) is 0 Å². The van der Waals surface area contributed by atoms with Crippen LogP contribution in [0.4, 0.5) is 13.2 Å². The van der Waals surface area contributed by atoms with Gasteiger partial charge in [0.2, 0.25) is 10.0 Å². The highest BCUT2D eigenvalue weighted by atomic mass is 32.2. The monoisotopic (exact) mass is 290 g/mol. The summed E-state index contributed by atoms with van der Waals surface area (Å²) in [6.45, 7) is 0.0107. The summed E-state index contributed by atoms with van der Waals surface area (Å²) in [6.07, 6.45) is 0.738. The van der Waals surface area contributed by atoms with Gasteiger partial charge in [0.05, 0.1) is 6.07 Å². The van der Waals surface area contributed by atoms with Crippen LogP contribution < -0.4 is 0 Å². The standard InChI is InChI=1S/C11H9F3N2O2S/c12-7-4-9(13)11(10(14)5-7)19(17,18)16-3-1-2-8(16)6-15/h4-5,8H,1-3H2. The van der Waals surface area contributed by atoms with E-state index < -0.39 is 38.4 Å². The van der Waals surface area contributed by atoms with Crippen LogP contribution in [0.1, 0.15) is 12.8 Å². The van der Waals surface area contributed by atoms with Crippen molar-refractivity contribution in [1.82, 2.24) is 4.31 Å². The minimum atomic E-state index is -4.48. The molecular weight excluding hydrogens is 281 g/mol. The molecule has 0 spiro atoms. The van der Waals surface area contributed by atoms with Gasteiger partial charge in [-0.3, -0.25) is 0 Å². The van der Waals surface area contributed by atoms with Gasteiger partial charge in [-0.2, -0.15) is 9.57 Å². The Morgan fingerprint density at radius 2 is 1.84 bits per heavy atom. The molecule has 1 aliphatic rings. The van der Waals surface area contributed by atoms with E-state index >= 15 is 0 Å². The molecular formula is C11H9F3N2O2S. The van der Waals surface area contributed by atoms with Crippen molar-refractivity contribution < 1.29 is 21.6 Å². The lowest BCUT2D eigenvalue weighted by atomic mass is 10.2. The van der Waals surface area contributed by atoms with Gasteiger partial charge in [0.15, 0.2) is 4.90 Å². The average Bonchev–Trinajstić information content (AvgIpc) is 2.75. The lowest BCUT2D eigenvalue weighted by molar-refractivity contribution is 0.422. The van der Waals surface area contributed by atoms with Crippen LogP contribution in [0.15, 0.2) is 17.0 Å². The van der Waals surface area contributed by atoms with Gasteiger partial charge in [-0.05, 0) is 12.8 Å². The first kappa shape index (κ1) is 13.8. The molecule has 1 saturated heterocycles. The third-order valence-electron chi connectivity index (χ3n) is 2.88. The van der Waals surface area contributed by atoms with Crippen molar-refractivity contribution in [2.24, 2.45) is 0 Å². The maximum Gasteiger partial charge on any atom is 0.250 e. The summed E-state index contributed by atoms with van der Waals surface area (Å²) in [7, 11) is -4.48. The largest absolute Gasteiger partial charge is 0.250 e. The summed E-state index contributed by atoms with van der Waals surface area (Å²) < 4.78 is 64.8. The normalized spacial score (nSPS) is 20.4. The number of nitrogens with zero attached hydrogens (tertiary/aromatic N) is 2. The van der Waals surface area contributed by atoms with Gasteiger partial charge < -0.3 is 0 Å². The molecule has 0 saturated carbocycles. The maximum atomic E-state index is 13.5. The van der Waals surface area contributed by atoms with Gasteiger partial charge in [-0.25, -0.2) is 21.6 Å². The number of hydrogen-bond donors (Lipinski definition) is 0. The van der Waals surface area contributed by atoms with Gasteiger partial charge in [0, 0.05) is 18.7 Å². The number of nitriles is 1. The Morgan fingerprint density at radius 1 is 1.26 bits per heavy atom. The van der Waals surface area contributed by atoms with E-state index in [0.29, 0.717) is 25.0 Å². The molecule has 4 nitrogen and oxygen atoms in total. The van der Waals surface area contributed by atoms with Crippen LogP contribution in [0.2, 0.25) is 0 Å². The van der Waals surface area contributed by atoms with Crippen molar-refractivity contribution in [2.45, 2.75) is 23.8 Å². The average molecular weight is 290 g/mol. The SMILES string of the molecule is N#CC1CCCN1S(=O)(=O)c1c(F)cc(F)cc1F. The Bertz CT molecular complexity index is 631. The molecule has 19 heavy (non-hydrogen) atoms. The number of sulfonamides is 1. The second-order valence-corrected chi connectivity index (χ2v) is 5.93. The minimum absolute atomic E-state index is 0.0107. The van der Waals surface area contributed by atoms with E-state index in [4.69, 9.17) is 5.26 Å². The summed E-state index contributed by atoms with van der Waals surface area (Å²) in [5, 5.41) is 8.83. The highest BCUT2D eigenvalue weighted by molar-refractivity contribution is 7.89. The van der Waals surface area contributed by atoms with Crippen LogP contribution in [0, 0.1) is 28.8 Å². The van der Waals surface area contributed by atoms with Crippen molar-refractivity contribution in [3.8, 4) is 6.07 Å². The predicted octanol–water partition coefficient (Wildman–Crippen LogP) is 1.78. The van der Waals surface area contributed by atoms with Crippen LogP contribution >= 0.6 is 0 Å². The molecule has 0 aliphatic carbocycles. The Morgan fingerprint density at radius 3 is 2.37 bits per heavy atom. The third-order valence-corrected chi connectivity index (χ3v) is 4.84. The van der Waals surface area contributed by atoms with Crippen molar-refractivity contribution in [1.29, 1.82) is 5.26 Å². The molecule has 1 atom stereocenters. The highest BCUT2D eigenvalue weighted by Crippen LogP contribution is 2.29. The van der Waals surface area contributed by atoms with Crippen molar-refractivity contribution in [3.63, 3.8) is 0 Å². The minimum Gasteiger partial charge on any atom is -0.207 e. The summed E-state index contributed by atoms with van der Waals surface area (Å²) in [4.78, 5) is -1.21. The van der Waals surface area contributed by atoms with E-state index in [1.165, 1.54) is 0 Å². The van der Waals surface area contributed by atoms with Crippen LogP contribution in [0.5, 0.6) is 0 Å². The Kier molecular flexibility index (Phi) is 3.52. The molecule has 0 amide bonds. The molecule has 0 aromatic heterocycles. The topological polar surface area (TPSA) is 61.2 Å². The molecule has 1 heterocycles. The van der Waals surface area contributed by atoms with Gasteiger partial charge in [0.1, 0.15) is 23.5 Å². The van der Waals surface area contributed by atoms with E-state index in [0.717, 1.165) is 4.31 Å². The van der Waals surface area contributed by atoms with E-state index in [9.17, 15) is 21.6 Å². The maximum absolute atomic E-state index is 13.5. The van der Waals surface area contributed by atoms with Crippen LogP contribution in [0.3, 0.4) is 0 Å². The first-order chi connectivity index (χ1) is 8.87. The van der Waals surface area contributed by atoms with Gasteiger partial charge in [-0.1, -0.05) is 0 Å². The molecule has 0 N–H and O–H groups in total. The fourth-order valence-corrected chi connectivity index (χ4v) is 3.75. The first-order valence-corrected chi connectivity index (χ1v) is 6.88. The lowest BCUT2D eigenvalue weighted by Gasteiger charge is -2.19. The molecule has 8 heteroatoms. The van der Waals surface area contributed by atoms with Crippen molar-refractivity contribution in [3.05, 3.63) is 29.6 Å². The summed E-state index contributed by atoms with van der Waals surface area (Å²) in [5.74, 6) is -4.20. The van der Waals surface area contributed by atoms with Crippen LogP contribution in [-0.4, -0.2) is 25.3 Å². The summed E-state index contributed by atoms with van der Waals surface area (Å²) >= 11 is 0. The Balaban J connectivity index is 2.55. The smallest absolute Gasteiger partial charge is 0.207 e. The summed E-state index contributed by atoms with van der Waals surface area (Å²) in [6, 6.07) is 1.42. The van der Waals surface area contributed by atoms with Crippen LogP contribution in [0.25, 0.3) is 0 Å². The molecule has 1 aromatic carbocycles. The van der Waals surface area contributed by atoms with E-state index in [2.05, 4.69) is 0 Å². The van der Waals surface area contributed by atoms with Crippen LogP contribution in [-0.2, 0) is 10.0 Å². The first-order valence-electron chi connectivity index (χ1n) is 5.44. The van der Waals surface area contributed by atoms with Gasteiger partial charge in [-0.15, -0.1) is 0 Å². The van der Waals surface area contributed by atoms with Gasteiger partial charge >= 0.3 is 0 Å². The quantitative estimate of drug-likeness (QED) is 0.834. The number of rotatable bonds is 2. The second kappa shape index (κ2) is 4.83. The number of halogens is 3. The zero-order chi connectivity index (χ0) is 14.2. The van der Waals surface area contributed by atoms with Crippen molar-refractivity contribution in [2.75, 3.05) is 6.54 Å².